The van der Waals surface area contributed by atoms with E-state index >= 15 is 0 Å². The van der Waals surface area contributed by atoms with Crippen LogP contribution in [-0.2, 0) is 0 Å². The van der Waals surface area contributed by atoms with Crippen LogP contribution in [-0.4, -0.2) is 53.6 Å². The molecule has 5 nitrogen and oxygen atoms in total. The Kier molecular flexibility index (Phi) is 3.94. The summed E-state index contributed by atoms with van der Waals surface area (Å²) in [4.78, 5) is 13.8. The maximum Gasteiger partial charge on any atom is 0.224 e. The Hall–Kier alpha value is -1.36. The van der Waals surface area contributed by atoms with Crippen LogP contribution in [0, 0.1) is 6.92 Å². The number of piperazine rings is 1. The normalized spacial score (nSPS) is 17.6. The number of hydrogen-bond acceptors (Lipinski definition) is 5. The molecule has 0 spiro atoms. The first-order valence-electron chi connectivity index (χ1n) is 6.93. The molecule has 0 atom stereocenters. The molecule has 1 aliphatic rings. The van der Waals surface area contributed by atoms with E-state index in [0.717, 1.165) is 37.7 Å². The second-order valence-electron chi connectivity index (χ2n) is 6.09. The fraction of sp³-hybridized carbons (Fsp3) is 0.714. The third-order valence-electron chi connectivity index (χ3n) is 3.62. The standard InChI is InChI=1S/C14H25N5/c1-11-10-12(17-13(15-5)16-11)18-6-8-19(9-7-18)14(2,3)4/h10H,6-9H2,1-5H3,(H,15,16,17). The van der Waals surface area contributed by atoms with Gasteiger partial charge in [0.25, 0.3) is 0 Å². The lowest BCUT2D eigenvalue weighted by Crippen LogP contribution is -2.53. The molecule has 0 bridgehead atoms. The summed E-state index contributed by atoms with van der Waals surface area (Å²) in [6.45, 7) is 13.1. The Morgan fingerprint density at radius 1 is 1.11 bits per heavy atom. The molecule has 0 amide bonds. The molecular weight excluding hydrogens is 238 g/mol. The van der Waals surface area contributed by atoms with E-state index in [1.54, 1.807) is 0 Å². The zero-order valence-electron chi connectivity index (χ0n) is 12.7. The van der Waals surface area contributed by atoms with Crippen molar-refractivity contribution in [3.63, 3.8) is 0 Å². The van der Waals surface area contributed by atoms with Crippen molar-refractivity contribution in [1.29, 1.82) is 0 Å². The highest BCUT2D eigenvalue weighted by atomic mass is 15.3. The molecule has 0 unspecified atom stereocenters. The van der Waals surface area contributed by atoms with Gasteiger partial charge in [0, 0.05) is 50.5 Å². The van der Waals surface area contributed by atoms with Crippen LogP contribution in [0.25, 0.3) is 0 Å². The van der Waals surface area contributed by atoms with Gasteiger partial charge in [-0.25, -0.2) is 4.98 Å². The van der Waals surface area contributed by atoms with E-state index in [4.69, 9.17) is 0 Å². The van der Waals surface area contributed by atoms with Crippen molar-refractivity contribution in [2.45, 2.75) is 33.2 Å². The van der Waals surface area contributed by atoms with Crippen molar-refractivity contribution in [1.82, 2.24) is 14.9 Å². The summed E-state index contributed by atoms with van der Waals surface area (Å²) in [5.41, 5.74) is 1.26. The van der Waals surface area contributed by atoms with Gasteiger partial charge in [0.1, 0.15) is 5.82 Å². The third-order valence-corrected chi connectivity index (χ3v) is 3.62. The Labute approximate surface area is 116 Å². The Bertz CT molecular complexity index is 430. The molecule has 2 rings (SSSR count). The average Bonchev–Trinajstić information content (AvgIpc) is 2.37. The predicted octanol–water partition coefficient (Wildman–Crippen LogP) is 1.75. The van der Waals surface area contributed by atoms with Gasteiger partial charge in [-0.15, -0.1) is 0 Å². The van der Waals surface area contributed by atoms with Crippen LogP contribution >= 0.6 is 0 Å². The lowest BCUT2D eigenvalue weighted by atomic mass is 10.1. The molecule has 1 aromatic heterocycles. The van der Waals surface area contributed by atoms with Gasteiger partial charge in [-0.3, -0.25) is 4.90 Å². The van der Waals surface area contributed by atoms with E-state index in [2.05, 4.69) is 51.9 Å². The molecule has 0 radical (unpaired) electrons. The highest BCUT2D eigenvalue weighted by Gasteiger charge is 2.26. The van der Waals surface area contributed by atoms with Crippen LogP contribution in [0.5, 0.6) is 0 Å². The molecule has 1 fully saturated rings. The first kappa shape index (κ1) is 14.1. The predicted molar refractivity (Wildman–Crippen MR) is 79.9 cm³/mol. The van der Waals surface area contributed by atoms with Gasteiger partial charge in [0.2, 0.25) is 5.95 Å². The Morgan fingerprint density at radius 3 is 2.26 bits per heavy atom. The summed E-state index contributed by atoms with van der Waals surface area (Å²) < 4.78 is 0. The zero-order valence-corrected chi connectivity index (χ0v) is 12.7. The van der Waals surface area contributed by atoms with Gasteiger partial charge in [-0.2, -0.15) is 4.98 Å². The summed E-state index contributed by atoms with van der Waals surface area (Å²) in [5, 5.41) is 3.02. The molecule has 2 heterocycles. The fourth-order valence-corrected chi connectivity index (χ4v) is 2.43. The van der Waals surface area contributed by atoms with Crippen molar-refractivity contribution in [2.24, 2.45) is 0 Å². The monoisotopic (exact) mass is 263 g/mol. The average molecular weight is 263 g/mol. The van der Waals surface area contributed by atoms with Gasteiger partial charge in [-0.05, 0) is 27.7 Å². The Morgan fingerprint density at radius 2 is 1.74 bits per heavy atom. The molecule has 1 N–H and O–H groups in total. The minimum atomic E-state index is 0.254. The second kappa shape index (κ2) is 5.33. The van der Waals surface area contributed by atoms with E-state index in [1.165, 1.54) is 0 Å². The lowest BCUT2D eigenvalue weighted by Gasteiger charge is -2.42. The van der Waals surface area contributed by atoms with Crippen molar-refractivity contribution >= 4 is 11.8 Å². The first-order valence-corrected chi connectivity index (χ1v) is 6.93. The molecule has 0 aromatic carbocycles. The highest BCUT2D eigenvalue weighted by molar-refractivity contribution is 5.45. The summed E-state index contributed by atoms with van der Waals surface area (Å²) in [7, 11) is 1.86. The maximum atomic E-state index is 4.55. The number of rotatable bonds is 2. The highest BCUT2D eigenvalue weighted by Crippen LogP contribution is 2.20. The Balaban J connectivity index is 2.07. The molecule has 1 aliphatic heterocycles. The minimum Gasteiger partial charge on any atom is -0.357 e. The van der Waals surface area contributed by atoms with Crippen LogP contribution in [0.4, 0.5) is 11.8 Å². The van der Waals surface area contributed by atoms with E-state index in [0.29, 0.717) is 5.95 Å². The van der Waals surface area contributed by atoms with Crippen molar-refractivity contribution in [3.8, 4) is 0 Å². The number of nitrogens with zero attached hydrogens (tertiary/aromatic N) is 4. The van der Waals surface area contributed by atoms with Crippen molar-refractivity contribution in [3.05, 3.63) is 11.8 Å². The van der Waals surface area contributed by atoms with Crippen LogP contribution < -0.4 is 10.2 Å². The van der Waals surface area contributed by atoms with Crippen molar-refractivity contribution < 1.29 is 0 Å². The van der Waals surface area contributed by atoms with Gasteiger partial charge in [0.15, 0.2) is 0 Å². The molecule has 0 aliphatic carbocycles. The van der Waals surface area contributed by atoms with Crippen LogP contribution in [0.2, 0.25) is 0 Å². The summed E-state index contributed by atoms with van der Waals surface area (Å²) in [6, 6.07) is 2.06. The molecule has 5 heteroatoms. The number of aromatic nitrogens is 2. The largest absolute Gasteiger partial charge is 0.357 e. The number of hydrogen-bond donors (Lipinski definition) is 1. The first-order chi connectivity index (χ1) is 8.90. The molecule has 0 saturated carbocycles. The third kappa shape index (κ3) is 3.35. The smallest absolute Gasteiger partial charge is 0.224 e. The molecule has 1 aromatic rings. The minimum absolute atomic E-state index is 0.254. The topological polar surface area (TPSA) is 44.3 Å². The molecule has 106 valence electrons. The van der Waals surface area contributed by atoms with E-state index in [1.807, 2.05) is 14.0 Å². The van der Waals surface area contributed by atoms with Crippen LogP contribution in [0.15, 0.2) is 6.07 Å². The number of anilines is 2. The van der Waals surface area contributed by atoms with E-state index in [-0.39, 0.29) is 5.54 Å². The lowest BCUT2D eigenvalue weighted by molar-refractivity contribution is 0.128. The maximum absolute atomic E-state index is 4.55. The summed E-state index contributed by atoms with van der Waals surface area (Å²) >= 11 is 0. The molecule has 1 saturated heterocycles. The van der Waals surface area contributed by atoms with E-state index < -0.39 is 0 Å². The van der Waals surface area contributed by atoms with Gasteiger partial charge < -0.3 is 10.2 Å². The zero-order chi connectivity index (χ0) is 14.0. The van der Waals surface area contributed by atoms with Crippen LogP contribution in [0.3, 0.4) is 0 Å². The van der Waals surface area contributed by atoms with E-state index in [9.17, 15) is 0 Å². The quantitative estimate of drug-likeness (QED) is 0.880. The SMILES string of the molecule is CNc1nc(C)cc(N2CCN(C(C)(C)C)CC2)n1. The van der Waals surface area contributed by atoms with Gasteiger partial charge >= 0.3 is 0 Å². The van der Waals surface area contributed by atoms with Gasteiger partial charge in [-0.1, -0.05) is 0 Å². The molecule has 19 heavy (non-hydrogen) atoms. The number of nitrogens with one attached hydrogen (secondary N) is 1. The van der Waals surface area contributed by atoms with Gasteiger partial charge in [0.05, 0.1) is 0 Å². The summed E-state index contributed by atoms with van der Waals surface area (Å²) in [6.07, 6.45) is 0. The van der Waals surface area contributed by atoms with Crippen LogP contribution in [0.1, 0.15) is 26.5 Å². The van der Waals surface area contributed by atoms with Crippen molar-refractivity contribution in [2.75, 3.05) is 43.4 Å². The molecular formula is C14H25N5. The second-order valence-corrected chi connectivity index (χ2v) is 6.09. The number of aryl methyl sites for hydroxylation is 1. The summed E-state index contributed by atoms with van der Waals surface area (Å²) in [5.74, 6) is 1.73. The fourth-order valence-electron chi connectivity index (χ4n) is 2.43.